The second-order valence-electron chi connectivity index (χ2n) is 2.75. The summed E-state index contributed by atoms with van der Waals surface area (Å²) in [5, 5.41) is 9.44. The van der Waals surface area contributed by atoms with E-state index in [9.17, 15) is 14.3 Å². The number of rotatable bonds is 1. The van der Waals surface area contributed by atoms with Crippen molar-refractivity contribution in [2.45, 2.75) is 13.8 Å². The molecule has 0 heterocycles. The summed E-state index contributed by atoms with van der Waals surface area (Å²) in [5.41, 5.74) is 0.289. The van der Waals surface area contributed by atoms with Gasteiger partial charge in [0.25, 0.3) is 0 Å². The molecule has 0 saturated heterocycles. The van der Waals surface area contributed by atoms with Crippen molar-refractivity contribution >= 4 is 21.7 Å². The Morgan fingerprint density at radius 2 is 2.15 bits per heavy atom. The molecule has 70 valence electrons. The number of hydrogen-bond donors (Lipinski definition) is 1. The van der Waals surface area contributed by atoms with E-state index in [2.05, 4.69) is 15.9 Å². The first-order valence-corrected chi connectivity index (χ1v) is 4.43. The van der Waals surface area contributed by atoms with Gasteiger partial charge in [-0.25, -0.2) is 4.39 Å². The summed E-state index contributed by atoms with van der Waals surface area (Å²) >= 11 is 3.01. The second kappa shape index (κ2) is 3.46. The lowest BCUT2D eigenvalue weighted by atomic mass is 10.1. The van der Waals surface area contributed by atoms with Gasteiger partial charge in [-0.3, -0.25) is 4.79 Å². The molecular weight excluding hydrogens is 239 g/mol. The van der Waals surface area contributed by atoms with Crippen molar-refractivity contribution in [1.82, 2.24) is 0 Å². The van der Waals surface area contributed by atoms with E-state index in [1.165, 1.54) is 13.8 Å². The van der Waals surface area contributed by atoms with E-state index in [1.54, 1.807) is 0 Å². The van der Waals surface area contributed by atoms with Gasteiger partial charge in [0.05, 0.1) is 10.0 Å². The fourth-order valence-corrected chi connectivity index (χ4v) is 1.38. The summed E-state index contributed by atoms with van der Waals surface area (Å²) < 4.78 is 13.3. The fraction of sp³-hybridized carbons (Fsp3) is 0.222. The lowest BCUT2D eigenvalue weighted by Gasteiger charge is -2.06. The first-order valence-electron chi connectivity index (χ1n) is 3.63. The molecule has 0 aliphatic rings. The van der Waals surface area contributed by atoms with Crippen LogP contribution in [0.25, 0.3) is 0 Å². The van der Waals surface area contributed by atoms with E-state index in [0.717, 1.165) is 6.07 Å². The van der Waals surface area contributed by atoms with E-state index in [-0.39, 0.29) is 21.6 Å². The molecule has 0 aromatic heterocycles. The molecule has 13 heavy (non-hydrogen) atoms. The van der Waals surface area contributed by atoms with Crippen LogP contribution in [-0.2, 0) is 0 Å². The maximum absolute atomic E-state index is 13.1. The SMILES string of the molecule is CC(=O)c1cc(F)c(C)c(Br)c1O. The molecule has 1 rings (SSSR count). The molecule has 1 aromatic carbocycles. The monoisotopic (exact) mass is 246 g/mol. The third-order valence-corrected chi connectivity index (χ3v) is 2.77. The molecule has 2 nitrogen and oxygen atoms in total. The van der Waals surface area contributed by atoms with Crippen LogP contribution in [0.4, 0.5) is 4.39 Å². The molecule has 0 bridgehead atoms. The fourth-order valence-electron chi connectivity index (χ4n) is 0.972. The minimum absolute atomic E-state index is 0.00465. The highest BCUT2D eigenvalue weighted by molar-refractivity contribution is 9.10. The van der Waals surface area contributed by atoms with Crippen LogP contribution in [-0.4, -0.2) is 10.9 Å². The van der Waals surface area contributed by atoms with Crippen molar-refractivity contribution in [3.8, 4) is 5.75 Å². The van der Waals surface area contributed by atoms with Crippen LogP contribution in [0.15, 0.2) is 10.5 Å². The normalized spacial score (nSPS) is 10.2. The minimum Gasteiger partial charge on any atom is -0.506 e. The maximum atomic E-state index is 13.1. The number of phenolic OH excluding ortho intramolecular Hbond substituents is 1. The van der Waals surface area contributed by atoms with Crippen LogP contribution in [0.5, 0.6) is 5.75 Å². The summed E-state index contributed by atoms with van der Waals surface area (Å²) in [5.74, 6) is -1.07. The summed E-state index contributed by atoms with van der Waals surface area (Å²) in [7, 11) is 0. The first-order chi connectivity index (χ1) is 5.95. The molecule has 0 fully saturated rings. The van der Waals surface area contributed by atoms with Gasteiger partial charge >= 0.3 is 0 Å². The molecule has 1 N–H and O–H groups in total. The van der Waals surface area contributed by atoms with E-state index >= 15 is 0 Å². The zero-order valence-electron chi connectivity index (χ0n) is 7.19. The molecule has 0 aliphatic heterocycles. The molecule has 1 aromatic rings. The van der Waals surface area contributed by atoms with E-state index in [0.29, 0.717) is 5.56 Å². The molecule has 0 unspecified atom stereocenters. The topological polar surface area (TPSA) is 37.3 Å². The lowest BCUT2D eigenvalue weighted by molar-refractivity contribution is 0.101. The van der Waals surface area contributed by atoms with Crippen molar-refractivity contribution in [3.63, 3.8) is 0 Å². The molecular formula is C9H8BrFO2. The van der Waals surface area contributed by atoms with E-state index in [4.69, 9.17) is 0 Å². The Kier molecular flexibility index (Phi) is 2.71. The Hall–Kier alpha value is -0.900. The summed E-state index contributed by atoms with van der Waals surface area (Å²) in [6, 6.07) is 1.04. The highest BCUT2D eigenvalue weighted by Crippen LogP contribution is 2.32. The zero-order valence-corrected chi connectivity index (χ0v) is 8.77. The molecule has 0 radical (unpaired) electrons. The number of hydrogen-bond acceptors (Lipinski definition) is 2. The number of Topliss-reactive ketones (excluding diaryl/α,β-unsaturated/α-hetero) is 1. The Morgan fingerprint density at radius 1 is 1.62 bits per heavy atom. The first kappa shape index (κ1) is 10.2. The third kappa shape index (κ3) is 1.72. The number of phenols is 1. The van der Waals surface area contributed by atoms with Crippen LogP contribution >= 0.6 is 15.9 Å². The van der Waals surface area contributed by atoms with Gasteiger partial charge in [0.1, 0.15) is 11.6 Å². The van der Waals surface area contributed by atoms with Gasteiger partial charge in [0.15, 0.2) is 5.78 Å². The number of benzene rings is 1. The molecule has 4 heteroatoms. The number of ketones is 1. The number of carbonyl (C=O) groups is 1. The Labute approximate surface area is 83.5 Å². The minimum atomic E-state index is -0.505. The molecule has 0 spiro atoms. The largest absolute Gasteiger partial charge is 0.506 e. The van der Waals surface area contributed by atoms with E-state index in [1.807, 2.05) is 0 Å². The highest BCUT2D eigenvalue weighted by Gasteiger charge is 2.15. The van der Waals surface area contributed by atoms with Crippen molar-refractivity contribution in [1.29, 1.82) is 0 Å². The van der Waals surface area contributed by atoms with Gasteiger partial charge in [0, 0.05) is 5.56 Å². The number of halogens is 2. The summed E-state index contributed by atoms with van der Waals surface area (Å²) in [6.45, 7) is 2.79. The van der Waals surface area contributed by atoms with Crippen molar-refractivity contribution in [2.24, 2.45) is 0 Å². The molecule has 0 saturated carbocycles. The quantitative estimate of drug-likeness (QED) is 0.774. The van der Waals surface area contributed by atoms with Gasteiger partial charge in [0.2, 0.25) is 0 Å². The predicted molar refractivity (Wildman–Crippen MR) is 50.5 cm³/mol. The maximum Gasteiger partial charge on any atom is 0.163 e. The van der Waals surface area contributed by atoms with Gasteiger partial charge in [-0.1, -0.05) is 0 Å². The molecule has 0 atom stereocenters. The second-order valence-corrected chi connectivity index (χ2v) is 3.54. The van der Waals surface area contributed by atoms with E-state index < -0.39 is 5.82 Å². The Balaban J connectivity index is 3.50. The summed E-state index contributed by atoms with van der Waals surface area (Å²) in [4.78, 5) is 10.9. The number of aromatic hydroxyl groups is 1. The standard InChI is InChI=1S/C9H8BrFO2/c1-4-7(11)3-6(5(2)12)9(13)8(4)10/h3,13H,1-2H3. The van der Waals surface area contributed by atoms with Gasteiger partial charge < -0.3 is 5.11 Å². The van der Waals surface area contributed by atoms with Crippen LogP contribution in [0.1, 0.15) is 22.8 Å². The van der Waals surface area contributed by atoms with Gasteiger partial charge in [-0.15, -0.1) is 0 Å². The average Bonchev–Trinajstić information content (AvgIpc) is 2.07. The van der Waals surface area contributed by atoms with Crippen LogP contribution in [0.2, 0.25) is 0 Å². The smallest absolute Gasteiger partial charge is 0.163 e. The van der Waals surface area contributed by atoms with Crippen LogP contribution in [0.3, 0.4) is 0 Å². The average molecular weight is 247 g/mol. The van der Waals surface area contributed by atoms with Crippen LogP contribution < -0.4 is 0 Å². The number of carbonyl (C=O) groups excluding carboxylic acids is 1. The highest BCUT2D eigenvalue weighted by atomic mass is 79.9. The predicted octanol–water partition coefficient (Wildman–Crippen LogP) is 2.80. The summed E-state index contributed by atoms with van der Waals surface area (Å²) in [6.07, 6.45) is 0. The lowest BCUT2D eigenvalue weighted by Crippen LogP contribution is -1.97. The van der Waals surface area contributed by atoms with Gasteiger partial charge in [-0.2, -0.15) is 0 Å². The zero-order chi connectivity index (χ0) is 10.2. The van der Waals surface area contributed by atoms with Crippen molar-refractivity contribution < 1.29 is 14.3 Å². The van der Waals surface area contributed by atoms with Crippen molar-refractivity contribution in [2.75, 3.05) is 0 Å². The Morgan fingerprint density at radius 3 is 2.62 bits per heavy atom. The Bertz CT molecular complexity index is 374. The van der Waals surface area contributed by atoms with Crippen molar-refractivity contribution in [3.05, 3.63) is 27.5 Å². The molecule has 0 amide bonds. The van der Waals surface area contributed by atoms with Crippen LogP contribution in [0, 0.1) is 12.7 Å². The molecule has 0 aliphatic carbocycles. The third-order valence-electron chi connectivity index (χ3n) is 1.80. The van der Waals surface area contributed by atoms with Gasteiger partial charge in [-0.05, 0) is 35.8 Å².